The van der Waals surface area contributed by atoms with Crippen molar-refractivity contribution >= 4 is 21.7 Å². The number of fused-ring (bicyclic) bond motifs is 7. The number of carbonyl (C=O) groups excluding carboxylic acids is 1. The first-order valence-electron chi connectivity index (χ1n) is 11.6. The van der Waals surface area contributed by atoms with Crippen molar-refractivity contribution in [1.29, 1.82) is 0 Å². The quantitative estimate of drug-likeness (QED) is 0.620. The molecule has 0 unspecified atom stereocenters. The predicted octanol–water partition coefficient (Wildman–Crippen LogP) is 4.84. The Labute approximate surface area is 178 Å². The third-order valence-corrected chi connectivity index (χ3v) is 11.1. The van der Waals surface area contributed by atoms with E-state index in [2.05, 4.69) is 29.8 Å². The molecule has 0 aromatic carbocycles. The van der Waals surface area contributed by atoms with Gasteiger partial charge in [0.1, 0.15) is 5.78 Å². The number of hydrogen-bond acceptors (Lipinski definition) is 3. The second kappa shape index (κ2) is 6.53. The lowest BCUT2D eigenvalue weighted by Gasteiger charge is -2.62. The Kier molecular flexibility index (Phi) is 4.67. The molecule has 0 radical (unpaired) electrons. The fourth-order valence-electron chi connectivity index (χ4n) is 9.38. The zero-order chi connectivity index (χ0) is 19.9. The smallest absolute Gasteiger partial charge is 0.147 e. The largest absolute Gasteiger partial charge is 0.387 e. The molecule has 5 aliphatic carbocycles. The second-order valence-corrected chi connectivity index (χ2v) is 12.2. The fraction of sp³-hybridized carbons (Fsp3) is 0.958. The molecule has 5 saturated carbocycles. The van der Waals surface area contributed by atoms with E-state index in [9.17, 15) is 9.90 Å². The van der Waals surface area contributed by atoms with Gasteiger partial charge in [-0.25, -0.2) is 0 Å². The number of hydrogen-bond donors (Lipinski definition) is 1. The van der Waals surface area contributed by atoms with Gasteiger partial charge in [0, 0.05) is 13.0 Å². The highest BCUT2D eigenvalue weighted by Crippen LogP contribution is 2.76. The van der Waals surface area contributed by atoms with Crippen molar-refractivity contribution in [3.05, 3.63) is 0 Å². The lowest BCUT2D eigenvalue weighted by molar-refractivity contribution is -0.167. The summed E-state index contributed by atoms with van der Waals surface area (Å²) in [5, 5.41) is 11.6. The van der Waals surface area contributed by atoms with E-state index in [1.807, 2.05) is 0 Å². The lowest BCUT2D eigenvalue weighted by atomic mass is 9.43. The molecule has 0 aromatic rings. The molecule has 0 aliphatic heterocycles. The molecule has 5 aliphatic rings. The zero-order valence-corrected chi connectivity index (χ0v) is 19.3. The summed E-state index contributed by atoms with van der Waals surface area (Å²) in [4.78, 5) is 12.8. The number of alkyl halides is 1. The predicted molar refractivity (Wildman–Crippen MR) is 113 cm³/mol. The summed E-state index contributed by atoms with van der Waals surface area (Å²) in [6.45, 7) is 5.50. The molecule has 0 saturated heterocycles. The van der Waals surface area contributed by atoms with E-state index in [0.717, 1.165) is 42.9 Å². The molecular weight excluding hydrogens is 416 g/mol. The second-order valence-electron chi connectivity index (χ2n) is 11.6. The SMILES string of the molecule is COC[C@@]1(O)CC[C@@]2(C)[C@@H](CC[C@H]3[C@@H]4[C@@H]5C[C@@H]5[C@H](C(=O)CBr)[C@@]4(C)CC[C@@H]32)C1. The molecule has 0 aromatic heterocycles. The highest BCUT2D eigenvalue weighted by atomic mass is 79.9. The maximum atomic E-state index is 12.8. The number of methoxy groups -OCH3 is 1. The Hall–Kier alpha value is 0.0700. The first-order chi connectivity index (χ1) is 13.3. The summed E-state index contributed by atoms with van der Waals surface area (Å²) in [5.74, 6) is 5.27. The van der Waals surface area contributed by atoms with Crippen LogP contribution in [0.15, 0.2) is 0 Å². The van der Waals surface area contributed by atoms with Crippen LogP contribution in [0.3, 0.4) is 0 Å². The molecule has 28 heavy (non-hydrogen) atoms. The molecule has 0 heterocycles. The van der Waals surface area contributed by atoms with Gasteiger partial charge in [0.2, 0.25) is 0 Å². The van der Waals surface area contributed by atoms with Crippen molar-refractivity contribution in [1.82, 2.24) is 0 Å². The van der Waals surface area contributed by atoms with Gasteiger partial charge in [-0.2, -0.15) is 0 Å². The lowest BCUT2D eigenvalue weighted by Crippen LogP contribution is -2.57. The minimum atomic E-state index is -0.614. The number of halogens is 1. The van der Waals surface area contributed by atoms with E-state index in [1.54, 1.807) is 7.11 Å². The van der Waals surface area contributed by atoms with Gasteiger partial charge >= 0.3 is 0 Å². The third kappa shape index (κ3) is 2.62. The van der Waals surface area contributed by atoms with Crippen LogP contribution in [0.2, 0.25) is 0 Å². The zero-order valence-electron chi connectivity index (χ0n) is 17.8. The van der Waals surface area contributed by atoms with Crippen molar-refractivity contribution in [2.45, 2.75) is 70.8 Å². The summed E-state index contributed by atoms with van der Waals surface area (Å²) in [6.07, 6.45) is 9.34. The highest BCUT2D eigenvalue weighted by Gasteiger charge is 2.71. The molecule has 1 N–H and O–H groups in total. The number of carbonyl (C=O) groups is 1. The third-order valence-electron chi connectivity index (χ3n) is 10.5. The summed E-state index contributed by atoms with van der Waals surface area (Å²) in [5.41, 5.74) is -0.00232. The van der Waals surface area contributed by atoms with Gasteiger partial charge in [0.05, 0.1) is 17.5 Å². The van der Waals surface area contributed by atoms with Gasteiger partial charge in [0.15, 0.2) is 0 Å². The van der Waals surface area contributed by atoms with Crippen LogP contribution >= 0.6 is 15.9 Å². The monoisotopic (exact) mass is 452 g/mol. The Bertz CT molecular complexity index is 666. The standard InChI is InChI=1S/C24H37BrO3/c1-22-8-9-24(27,13-28-3)11-14(22)4-5-15-18(22)6-7-23(2)20(15)16-10-17(16)21(23)19(26)12-25/h14-18,20-21,27H,4-13H2,1-3H3/t14-,15+,16+,17-,18-,20+,21+,22-,23-,24+/m0/s1. The van der Waals surface area contributed by atoms with Crippen LogP contribution in [-0.4, -0.2) is 35.5 Å². The Morgan fingerprint density at radius 3 is 2.57 bits per heavy atom. The van der Waals surface area contributed by atoms with E-state index in [4.69, 9.17) is 4.74 Å². The van der Waals surface area contributed by atoms with Gasteiger partial charge < -0.3 is 9.84 Å². The molecule has 3 nitrogen and oxygen atoms in total. The van der Waals surface area contributed by atoms with E-state index in [1.165, 1.54) is 32.1 Å². The first kappa shape index (κ1) is 20.0. The van der Waals surface area contributed by atoms with Crippen molar-refractivity contribution in [3.8, 4) is 0 Å². The molecular formula is C24H37BrO3. The maximum absolute atomic E-state index is 12.8. The number of aliphatic hydroxyl groups is 1. The van der Waals surface area contributed by atoms with Crippen molar-refractivity contribution < 1.29 is 14.6 Å². The minimum Gasteiger partial charge on any atom is -0.387 e. The van der Waals surface area contributed by atoms with E-state index < -0.39 is 5.60 Å². The Morgan fingerprint density at radius 1 is 1.07 bits per heavy atom. The molecule has 5 fully saturated rings. The van der Waals surface area contributed by atoms with Crippen molar-refractivity contribution in [2.75, 3.05) is 19.0 Å². The minimum absolute atomic E-state index is 0.244. The Balaban J connectivity index is 1.41. The van der Waals surface area contributed by atoms with Crippen LogP contribution in [0.1, 0.15) is 65.2 Å². The Morgan fingerprint density at radius 2 is 1.86 bits per heavy atom. The summed E-state index contributed by atoms with van der Waals surface area (Å²) in [6, 6.07) is 0. The summed E-state index contributed by atoms with van der Waals surface area (Å²) < 4.78 is 5.35. The maximum Gasteiger partial charge on any atom is 0.147 e. The van der Waals surface area contributed by atoms with Crippen molar-refractivity contribution in [3.63, 3.8) is 0 Å². The van der Waals surface area contributed by atoms with Crippen LogP contribution < -0.4 is 0 Å². The highest BCUT2D eigenvalue weighted by molar-refractivity contribution is 9.09. The van der Waals surface area contributed by atoms with Gasteiger partial charge in [0.25, 0.3) is 0 Å². The molecule has 4 heteroatoms. The van der Waals surface area contributed by atoms with Gasteiger partial charge in [-0.15, -0.1) is 0 Å². The summed E-state index contributed by atoms with van der Waals surface area (Å²) >= 11 is 3.47. The molecule has 10 atom stereocenters. The van der Waals surface area contributed by atoms with Gasteiger partial charge in [-0.05, 0) is 97.7 Å². The number of rotatable bonds is 4. The van der Waals surface area contributed by atoms with E-state index in [-0.39, 0.29) is 5.41 Å². The molecule has 0 spiro atoms. The number of ether oxygens (including phenoxy) is 1. The molecule has 158 valence electrons. The van der Waals surface area contributed by atoms with Crippen LogP contribution in [0.4, 0.5) is 0 Å². The molecule has 0 bridgehead atoms. The molecule has 0 amide bonds. The number of Topliss-reactive ketones (excluding diaryl/α,β-unsaturated/α-hetero) is 1. The van der Waals surface area contributed by atoms with E-state index in [0.29, 0.717) is 40.9 Å². The van der Waals surface area contributed by atoms with Crippen molar-refractivity contribution in [2.24, 2.45) is 52.3 Å². The normalized spacial score (nSPS) is 57.0. The fourth-order valence-corrected chi connectivity index (χ4v) is 9.73. The molecule has 5 rings (SSSR count). The summed E-state index contributed by atoms with van der Waals surface area (Å²) in [7, 11) is 1.71. The average Bonchev–Trinajstić information content (AvgIpc) is 3.36. The average molecular weight is 453 g/mol. The first-order valence-corrected chi connectivity index (χ1v) is 12.7. The van der Waals surface area contributed by atoms with Gasteiger partial charge in [-0.1, -0.05) is 29.8 Å². The number of ketones is 1. The van der Waals surface area contributed by atoms with Crippen LogP contribution in [0, 0.1) is 52.3 Å². The van der Waals surface area contributed by atoms with E-state index >= 15 is 0 Å². The van der Waals surface area contributed by atoms with Crippen LogP contribution in [-0.2, 0) is 9.53 Å². The van der Waals surface area contributed by atoms with Gasteiger partial charge in [-0.3, -0.25) is 4.79 Å². The topological polar surface area (TPSA) is 46.5 Å². The van der Waals surface area contributed by atoms with Crippen LogP contribution in [0.5, 0.6) is 0 Å². The van der Waals surface area contributed by atoms with Crippen LogP contribution in [0.25, 0.3) is 0 Å².